The van der Waals surface area contributed by atoms with Crippen molar-refractivity contribution in [3.8, 4) is 0 Å². The highest BCUT2D eigenvalue weighted by Gasteiger charge is 2.24. The van der Waals surface area contributed by atoms with Gasteiger partial charge in [0.2, 0.25) is 10.0 Å². The third-order valence-corrected chi connectivity index (χ3v) is 6.91. The summed E-state index contributed by atoms with van der Waals surface area (Å²) in [6.45, 7) is 1.92. The minimum Gasteiger partial charge on any atom is -0.481 e. The Hall–Kier alpha value is -2.18. The highest BCUT2D eigenvalue weighted by atomic mass is 32.2. The Balaban J connectivity index is 1.79. The molecule has 3 rings (SSSR count). The minimum atomic E-state index is -3.82. The van der Waals surface area contributed by atoms with Gasteiger partial charge in [-0.05, 0) is 48.9 Å². The number of sulfonamides is 1. The lowest BCUT2D eigenvalue weighted by Gasteiger charge is -2.22. The van der Waals surface area contributed by atoms with Crippen LogP contribution in [0.2, 0.25) is 0 Å². The maximum Gasteiger partial charge on any atom is 0.305 e. The summed E-state index contributed by atoms with van der Waals surface area (Å²) in [6.07, 6.45) is 5.70. The average Bonchev–Trinajstić information content (AvgIpc) is 2.68. The number of nitrogens with one attached hydrogen (secondary N) is 1. The fraction of sp³-hybridized carbons (Fsp3) is 0.409. The van der Waals surface area contributed by atoms with E-state index in [2.05, 4.69) is 4.72 Å². The van der Waals surface area contributed by atoms with E-state index in [-0.39, 0.29) is 11.3 Å². The Labute approximate surface area is 166 Å². The molecule has 2 aromatic carbocycles. The number of aliphatic carboxylic acids is 1. The van der Waals surface area contributed by atoms with Gasteiger partial charge >= 0.3 is 5.97 Å². The first-order valence-electron chi connectivity index (χ1n) is 9.76. The second-order valence-corrected chi connectivity index (χ2v) is 9.30. The van der Waals surface area contributed by atoms with Crippen molar-refractivity contribution in [3.05, 3.63) is 65.2 Å². The van der Waals surface area contributed by atoms with E-state index >= 15 is 0 Å². The van der Waals surface area contributed by atoms with Crippen LogP contribution >= 0.6 is 0 Å². The molecule has 6 heteroatoms. The number of carboxylic acids is 1. The highest BCUT2D eigenvalue weighted by Crippen LogP contribution is 2.33. The predicted octanol–water partition coefficient (Wildman–Crippen LogP) is 4.54. The SMILES string of the molecule is Cc1ccc(C(CC(=O)O)NS(=O)(=O)c2ccc(C3CCCCC3)cc2)cc1. The van der Waals surface area contributed by atoms with Crippen molar-refractivity contribution in [2.24, 2.45) is 0 Å². The smallest absolute Gasteiger partial charge is 0.305 e. The van der Waals surface area contributed by atoms with Gasteiger partial charge in [0.05, 0.1) is 17.4 Å². The summed E-state index contributed by atoms with van der Waals surface area (Å²) in [5.74, 6) is -0.549. The number of benzene rings is 2. The molecule has 5 nitrogen and oxygen atoms in total. The largest absolute Gasteiger partial charge is 0.481 e. The molecule has 2 N–H and O–H groups in total. The molecule has 2 aromatic rings. The fourth-order valence-electron chi connectivity index (χ4n) is 3.81. The van der Waals surface area contributed by atoms with Gasteiger partial charge in [0, 0.05) is 0 Å². The molecule has 1 unspecified atom stereocenters. The Kier molecular flexibility index (Phi) is 6.52. The molecule has 0 bridgehead atoms. The topological polar surface area (TPSA) is 83.5 Å². The van der Waals surface area contributed by atoms with Crippen LogP contribution in [-0.2, 0) is 14.8 Å². The molecule has 0 aromatic heterocycles. The normalized spacial score (nSPS) is 16.6. The first-order valence-corrected chi connectivity index (χ1v) is 11.2. The third kappa shape index (κ3) is 5.20. The lowest BCUT2D eigenvalue weighted by molar-refractivity contribution is -0.137. The molecule has 1 saturated carbocycles. The van der Waals surface area contributed by atoms with Crippen LogP contribution in [0.25, 0.3) is 0 Å². The monoisotopic (exact) mass is 401 g/mol. The van der Waals surface area contributed by atoms with Gasteiger partial charge in [-0.3, -0.25) is 4.79 Å². The van der Waals surface area contributed by atoms with Crippen molar-refractivity contribution in [2.75, 3.05) is 0 Å². The number of hydrogen-bond donors (Lipinski definition) is 2. The van der Waals surface area contributed by atoms with Gasteiger partial charge < -0.3 is 5.11 Å². The molecule has 1 fully saturated rings. The summed E-state index contributed by atoms with van der Waals surface area (Å²) in [5, 5.41) is 9.21. The van der Waals surface area contributed by atoms with E-state index in [4.69, 9.17) is 0 Å². The highest BCUT2D eigenvalue weighted by molar-refractivity contribution is 7.89. The van der Waals surface area contributed by atoms with E-state index in [9.17, 15) is 18.3 Å². The third-order valence-electron chi connectivity index (χ3n) is 5.42. The first-order chi connectivity index (χ1) is 13.3. The molecule has 0 spiro atoms. The fourth-order valence-corrected chi connectivity index (χ4v) is 5.04. The molecular formula is C22H27NO4S. The van der Waals surface area contributed by atoms with Crippen LogP contribution in [-0.4, -0.2) is 19.5 Å². The van der Waals surface area contributed by atoms with Gasteiger partial charge in [0.1, 0.15) is 0 Å². The van der Waals surface area contributed by atoms with Crippen molar-refractivity contribution >= 4 is 16.0 Å². The van der Waals surface area contributed by atoms with Crippen LogP contribution in [0, 0.1) is 6.92 Å². The summed E-state index contributed by atoms with van der Waals surface area (Å²) < 4.78 is 28.3. The zero-order valence-electron chi connectivity index (χ0n) is 16.1. The van der Waals surface area contributed by atoms with Gasteiger partial charge in [-0.15, -0.1) is 0 Å². The van der Waals surface area contributed by atoms with Gasteiger partial charge in [-0.25, -0.2) is 13.1 Å². The Morgan fingerprint density at radius 1 is 1.04 bits per heavy atom. The molecular weight excluding hydrogens is 374 g/mol. The van der Waals surface area contributed by atoms with Crippen LogP contribution in [0.1, 0.15) is 67.2 Å². The van der Waals surface area contributed by atoms with E-state index in [1.54, 1.807) is 24.3 Å². The van der Waals surface area contributed by atoms with Crippen LogP contribution in [0.15, 0.2) is 53.4 Å². The van der Waals surface area contributed by atoms with Crippen molar-refractivity contribution in [1.82, 2.24) is 4.72 Å². The van der Waals surface area contributed by atoms with Crippen LogP contribution in [0.4, 0.5) is 0 Å². The number of aryl methyl sites for hydroxylation is 1. The zero-order chi connectivity index (χ0) is 20.1. The number of carboxylic acid groups (broad SMARTS) is 1. The molecule has 28 heavy (non-hydrogen) atoms. The molecule has 150 valence electrons. The van der Waals surface area contributed by atoms with Crippen LogP contribution in [0.5, 0.6) is 0 Å². The van der Waals surface area contributed by atoms with E-state index in [0.717, 1.165) is 18.4 Å². The second kappa shape index (κ2) is 8.88. The molecule has 1 aliphatic rings. The Morgan fingerprint density at radius 3 is 2.21 bits per heavy atom. The van der Waals surface area contributed by atoms with Crippen molar-refractivity contribution in [3.63, 3.8) is 0 Å². The van der Waals surface area contributed by atoms with Gasteiger partial charge in [0.15, 0.2) is 0 Å². The summed E-state index contributed by atoms with van der Waals surface area (Å²) >= 11 is 0. The van der Waals surface area contributed by atoms with E-state index in [1.165, 1.54) is 24.8 Å². The van der Waals surface area contributed by atoms with E-state index in [1.807, 2.05) is 31.2 Å². The quantitative estimate of drug-likeness (QED) is 0.714. The number of rotatable bonds is 7. The Morgan fingerprint density at radius 2 is 1.64 bits per heavy atom. The minimum absolute atomic E-state index is 0.162. The lowest BCUT2D eigenvalue weighted by atomic mass is 9.84. The van der Waals surface area contributed by atoms with Gasteiger partial charge in [-0.2, -0.15) is 0 Å². The molecule has 0 amide bonds. The molecule has 0 saturated heterocycles. The van der Waals surface area contributed by atoms with Crippen molar-refractivity contribution in [2.45, 2.75) is 62.3 Å². The number of hydrogen-bond acceptors (Lipinski definition) is 3. The Bertz CT molecular complexity index is 899. The number of carbonyl (C=O) groups is 1. The average molecular weight is 402 g/mol. The molecule has 0 radical (unpaired) electrons. The summed E-state index contributed by atoms with van der Waals surface area (Å²) in [4.78, 5) is 11.4. The standard InChI is InChI=1S/C22H27NO4S/c1-16-7-9-19(10-8-16)21(15-22(24)25)23-28(26,27)20-13-11-18(12-14-20)17-5-3-2-4-6-17/h7-14,17,21,23H,2-6,15H2,1H3,(H,24,25). The van der Waals surface area contributed by atoms with Gasteiger partial charge in [0.25, 0.3) is 0 Å². The zero-order valence-corrected chi connectivity index (χ0v) is 16.9. The first kappa shape index (κ1) is 20.6. The van der Waals surface area contributed by atoms with E-state index in [0.29, 0.717) is 11.5 Å². The molecule has 0 aliphatic heterocycles. The van der Waals surface area contributed by atoms with Crippen molar-refractivity contribution in [1.29, 1.82) is 0 Å². The van der Waals surface area contributed by atoms with Gasteiger partial charge in [-0.1, -0.05) is 61.2 Å². The van der Waals surface area contributed by atoms with Crippen LogP contribution < -0.4 is 4.72 Å². The van der Waals surface area contributed by atoms with Crippen LogP contribution in [0.3, 0.4) is 0 Å². The molecule has 1 aliphatic carbocycles. The maximum atomic E-state index is 12.8. The molecule has 0 heterocycles. The van der Waals surface area contributed by atoms with Crippen molar-refractivity contribution < 1.29 is 18.3 Å². The second-order valence-electron chi connectivity index (χ2n) is 7.59. The summed E-state index contributed by atoms with van der Waals surface area (Å²) in [6, 6.07) is 13.4. The van der Waals surface area contributed by atoms with E-state index < -0.39 is 22.0 Å². The predicted molar refractivity (Wildman–Crippen MR) is 109 cm³/mol. The maximum absolute atomic E-state index is 12.8. The summed E-state index contributed by atoms with van der Waals surface area (Å²) in [5.41, 5.74) is 2.84. The lowest BCUT2D eigenvalue weighted by Crippen LogP contribution is -2.30. The molecule has 1 atom stereocenters. The summed E-state index contributed by atoms with van der Waals surface area (Å²) in [7, 11) is -3.82.